The van der Waals surface area contributed by atoms with Gasteiger partial charge in [-0.25, -0.2) is 8.42 Å². The second-order valence-corrected chi connectivity index (χ2v) is 3.54. The van der Waals surface area contributed by atoms with Gasteiger partial charge in [-0.15, -0.1) is 18.3 Å². The van der Waals surface area contributed by atoms with Crippen molar-refractivity contribution >= 4 is 10.0 Å². The molecule has 0 bridgehead atoms. The van der Waals surface area contributed by atoms with Crippen LogP contribution in [0.15, 0.2) is 25.3 Å². The summed E-state index contributed by atoms with van der Waals surface area (Å²) in [5.41, 5.74) is 0. The average molecular weight is 160 g/mol. The Morgan fingerprint density at radius 2 is 2.00 bits per heavy atom. The minimum absolute atomic E-state index is 0.259. The van der Waals surface area contributed by atoms with Crippen LogP contribution < -0.4 is 5.14 Å². The second kappa shape index (κ2) is 3.53. The van der Waals surface area contributed by atoms with Gasteiger partial charge in [0.05, 0.1) is 5.25 Å². The first-order chi connectivity index (χ1) is 4.52. The number of rotatable bonds is 4. The molecule has 0 saturated carbocycles. The molecule has 0 aromatic rings. The lowest BCUT2D eigenvalue weighted by Crippen LogP contribution is -2.18. The van der Waals surface area contributed by atoms with Crippen molar-refractivity contribution < 1.29 is 8.42 Å². The Morgan fingerprint density at radius 3 is 2.10 bits per heavy atom. The highest BCUT2D eigenvalue weighted by Gasteiger charge is 2.15. The Morgan fingerprint density at radius 1 is 1.50 bits per heavy atom. The Hall–Kier alpha value is -0.610. The summed E-state index contributed by atoms with van der Waals surface area (Å²) < 4.78 is 21.0. The largest absolute Gasteiger partial charge is 0.231 e. The van der Waals surface area contributed by atoms with Crippen LogP contribution in [0.4, 0.5) is 0 Å². The van der Waals surface area contributed by atoms with E-state index in [2.05, 4.69) is 13.2 Å². The maximum Gasteiger partial charge on any atom is 0.231 e. The molecule has 0 aromatic carbocycles. The van der Waals surface area contributed by atoms with Gasteiger partial charge in [-0.05, 0) is 6.42 Å². The summed E-state index contributed by atoms with van der Waals surface area (Å²) in [5, 5.41) is 5.84. The molecule has 0 saturated heterocycles. The predicted molar refractivity (Wildman–Crippen MR) is 40.8 cm³/mol. The zero-order valence-corrected chi connectivity index (χ0v) is 6.39. The second-order valence-electron chi connectivity index (χ2n) is 1.84. The van der Waals surface area contributed by atoms with Gasteiger partial charge in [0.25, 0.3) is 0 Å². The molecule has 0 aliphatic carbocycles. The maximum absolute atomic E-state index is 10.5. The minimum atomic E-state index is -3.72. The van der Waals surface area contributed by atoms with Gasteiger partial charge in [0.15, 0.2) is 0 Å². The summed E-state index contributed by atoms with van der Waals surface area (Å²) >= 11 is 0. The molecule has 0 aromatic heterocycles. The molecule has 0 aliphatic rings. The summed E-state index contributed by atoms with van der Waals surface area (Å²) in [5.74, 6) is 0. The fourth-order valence-electron chi connectivity index (χ4n) is 0.514. The number of sulfonamides is 1. The molecule has 1 unspecified atom stereocenters. The Labute approximate surface area is 61.3 Å². The van der Waals surface area contributed by atoms with E-state index >= 15 is 0 Å². The van der Waals surface area contributed by atoms with Crippen LogP contribution >= 0.6 is 0 Å². The summed E-state index contributed by atoms with van der Waals surface area (Å²) in [6, 6.07) is 0. The number of nitrogens with one attached hydrogen (secondary N) is 1. The smallest absolute Gasteiger partial charge is 0.211 e. The Kier molecular flexibility index (Phi) is 3.32. The van der Waals surface area contributed by atoms with Crippen molar-refractivity contribution in [1.82, 2.24) is 5.14 Å². The predicted octanol–water partition coefficient (Wildman–Crippen LogP) is 0.730. The van der Waals surface area contributed by atoms with Gasteiger partial charge in [-0.1, -0.05) is 12.2 Å². The van der Waals surface area contributed by atoms with Crippen molar-refractivity contribution in [1.29, 1.82) is 0 Å². The molecule has 0 heterocycles. The maximum atomic E-state index is 10.5. The molecule has 1 atom stereocenters. The van der Waals surface area contributed by atoms with Gasteiger partial charge in [0.2, 0.25) is 10.0 Å². The quantitative estimate of drug-likeness (QED) is 0.569. The number of allylic oxidation sites excluding steroid dienone is 1. The first-order valence-corrected chi connectivity index (χ1v) is 4.29. The van der Waals surface area contributed by atoms with E-state index in [1.165, 1.54) is 12.2 Å². The fourth-order valence-corrected chi connectivity index (χ4v) is 1.16. The van der Waals surface area contributed by atoms with E-state index in [9.17, 15) is 8.42 Å². The third-order valence-electron chi connectivity index (χ3n) is 1.06. The van der Waals surface area contributed by atoms with Crippen LogP contribution in [0.2, 0.25) is 0 Å². The highest BCUT2D eigenvalue weighted by atomic mass is 32.2. The fraction of sp³-hybridized carbons (Fsp3) is 0.333. The first kappa shape index (κ1) is 9.39. The third kappa shape index (κ3) is 2.80. The van der Waals surface area contributed by atoms with Crippen molar-refractivity contribution in [2.45, 2.75) is 11.7 Å². The molecule has 3 nitrogen and oxygen atoms in total. The Balaban J connectivity index is 4.36. The highest BCUT2D eigenvalue weighted by Crippen LogP contribution is 2.04. The molecule has 1 radical (unpaired) electrons. The van der Waals surface area contributed by atoms with Gasteiger partial charge in [-0.3, -0.25) is 0 Å². The molecule has 4 heteroatoms. The van der Waals surface area contributed by atoms with E-state index in [4.69, 9.17) is 5.14 Å². The van der Waals surface area contributed by atoms with Gasteiger partial charge in [0, 0.05) is 0 Å². The average Bonchev–Trinajstić information content (AvgIpc) is 1.80. The SMILES string of the molecule is C=CCC(C=C)S([NH])(=O)=O. The van der Waals surface area contributed by atoms with E-state index in [0.29, 0.717) is 0 Å². The van der Waals surface area contributed by atoms with E-state index in [0.717, 1.165) is 0 Å². The number of hydrogen-bond acceptors (Lipinski definition) is 2. The molecule has 1 N–H and O–H groups in total. The third-order valence-corrected chi connectivity index (χ3v) is 2.24. The standard InChI is InChI=1S/C6H10NO2S/c1-3-5-6(4-2)10(7,8)9/h3-4,6-7H,1-2,5H2. The molecular weight excluding hydrogens is 150 g/mol. The van der Waals surface area contributed by atoms with E-state index in [1.807, 2.05) is 0 Å². The summed E-state index contributed by atoms with van der Waals surface area (Å²) in [4.78, 5) is 0. The summed E-state index contributed by atoms with van der Waals surface area (Å²) in [6.45, 7) is 6.67. The van der Waals surface area contributed by atoms with E-state index < -0.39 is 15.3 Å². The molecule has 0 spiro atoms. The lowest BCUT2D eigenvalue weighted by molar-refractivity contribution is 0.588. The van der Waals surface area contributed by atoms with Crippen LogP contribution in [0.1, 0.15) is 6.42 Å². The van der Waals surface area contributed by atoms with Crippen LogP contribution in [-0.2, 0) is 10.0 Å². The monoisotopic (exact) mass is 160 g/mol. The molecule has 0 rings (SSSR count). The van der Waals surface area contributed by atoms with Crippen LogP contribution in [-0.4, -0.2) is 13.7 Å². The van der Waals surface area contributed by atoms with Gasteiger partial charge in [-0.2, -0.15) is 0 Å². The van der Waals surface area contributed by atoms with Crippen molar-refractivity contribution in [3.05, 3.63) is 25.3 Å². The summed E-state index contributed by atoms with van der Waals surface area (Å²) in [7, 11) is -3.72. The lowest BCUT2D eigenvalue weighted by atomic mass is 10.3. The minimum Gasteiger partial charge on any atom is -0.211 e. The highest BCUT2D eigenvalue weighted by molar-refractivity contribution is 7.89. The van der Waals surface area contributed by atoms with Crippen molar-refractivity contribution in [3.63, 3.8) is 0 Å². The van der Waals surface area contributed by atoms with Gasteiger partial charge < -0.3 is 0 Å². The van der Waals surface area contributed by atoms with Crippen LogP contribution in [0, 0.1) is 0 Å². The molecule has 0 fully saturated rings. The van der Waals surface area contributed by atoms with E-state index in [1.54, 1.807) is 0 Å². The molecule has 10 heavy (non-hydrogen) atoms. The van der Waals surface area contributed by atoms with Gasteiger partial charge in [0.1, 0.15) is 0 Å². The zero-order valence-electron chi connectivity index (χ0n) is 5.58. The van der Waals surface area contributed by atoms with Crippen molar-refractivity contribution in [3.8, 4) is 0 Å². The summed E-state index contributed by atoms with van der Waals surface area (Å²) in [6.07, 6.45) is 2.96. The molecule has 57 valence electrons. The molecular formula is C6H10NO2S. The molecule has 0 amide bonds. The first-order valence-electron chi connectivity index (χ1n) is 2.74. The topological polar surface area (TPSA) is 57.9 Å². The van der Waals surface area contributed by atoms with Crippen LogP contribution in [0.3, 0.4) is 0 Å². The van der Waals surface area contributed by atoms with Crippen molar-refractivity contribution in [2.24, 2.45) is 0 Å². The molecule has 0 aliphatic heterocycles. The van der Waals surface area contributed by atoms with Crippen LogP contribution in [0.25, 0.3) is 0 Å². The normalized spacial score (nSPS) is 14.1. The van der Waals surface area contributed by atoms with Gasteiger partial charge >= 0.3 is 0 Å². The lowest BCUT2D eigenvalue weighted by Gasteiger charge is -2.03. The Bertz CT molecular complexity index is 218. The van der Waals surface area contributed by atoms with E-state index in [-0.39, 0.29) is 6.42 Å². The van der Waals surface area contributed by atoms with Crippen LogP contribution in [0.5, 0.6) is 0 Å². The zero-order chi connectivity index (χ0) is 8.20. The van der Waals surface area contributed by atoms with Crippen molar-refractivity contribution in [2.75, 3.05) is 0 Å². The number of hydrogen-bond donors (Lipinski definition) is 0.